The highest BCUT2D eigenvalue weighted by molar-refractivity contribution is 5.34. The monoisotopic (exact) mass is 285 g/mol. The molecule has 0 fully saturated rings. The fraction of sp³-hybridized carbons (Fsp3) is 0.231. The van der Waals surface area contributed by atoms with E-state index < -0.39 is 17.6 Å². The van der Waals surface area contributed by atoms with Gasteiger partial charge in [-0.05, 0) is 18.6 Å². The van der Waals surface area contributed by atoms with Crippen LogP contribution in [0.5, 0.6) is 0 Å². The van der Waals surface area contributed by atoms with Crippen molar-refractivity contribution in [1.29, 1.82) is 0 Å². The van der Waals surface area contributed by atoms with Gasteiger partial charge in [0.15, 0.2) is 11.6 Å². The molecule has 0 unspecified atom stereocenters. The zero-order valence-corrected chi connectivity index (χ0v) is 10.5. The molecule has 0 atom stereocenters. The largest absolute Gasteiger partial charge is 0.416 e. The molecule has 1 aromatic carbocycles. The van der Waals surface area contributed by atoms with Gasteiger partial charge in [-0.15, -0.1) is 0 Å². The summed E-state index contributed by atoms with van der Waals surface area (Å²) in [5.41, 5.74) is 5.07. The number of nitrogens with zero attached hydrogens (tertiary/aromatic N) is 2. The van der Waals surface area contributed by atoms with Gasteiger partial charge in [0, 0.05) is 6.42 Å². The average molecular weight is 285 g/mol. The first-order valence-electron chi connectivity index (χ1n) is 5.72. The van der Waals surface area contributed by atoms with Crippen LogP contribution in [0.1, 0.15) is 22.6 Å². The maximum atomic E-state index is 13.3. The second-order valence-corrected chi connectivity index (χ2v) is 4.30. The number of halogens is 4. The van der Waals surface area contributed by atoms with Crippen LogP contribution in [0.3, 0.4) is 0 Å². The molecule has 0 spiro atoms. The Balaban J connectivity index is 2.31. The molecule has 0 saturated heterocycles. The first-order chi connectivity index (χ1) is 9.27. The summed E-state index contributed by atoms with van der Waals surface area (Å²) in [5.74, 6) is -0.835. The Morgan fingerprint density at radius 2 is 1.90 bits per heavy atom. The van der Waals surface area contributed by atoms with Crippen molar-refractivity contribution in [3.63, 3.8) is 0 Å². The van der Waals surface area contributed by atoms with Crippen molar-refractivity contribution in [2.75, 3.05) is 5.73 Å². The molecule has 0 aliphatic carbocycles. The van der Waals surface area contributed by atoms with Crippen LogP contribution in [0.2, 0.25) is 0 Å². The molecule has 0 radical (unpaired) electrons. The van der Waals surface area contributed by atoms with E-state index in [4.69, 9.17) is 5.73 Å². The van der Waals surface area contributed by atoms with E-state index in [0.717, 1.165) is 12.1 Å². The summed E-state index contributed by atoms with van der Waals surface area (Å²) in [5, 5.41) is 0. The van der Waals surface area contributed by atoms with Gasteiger partial charge < -0.3 is 5.73 Å². The smallest absolute Gasteiger partial charge is 0.381 e. The van der Waals surface area contributed by atoms with Gasteiger partial charge in [0.1, 0.15) is 5.82 Å². The number of rotatable bonds is 2. The summed E-state index contributed by atoms with van der Waals surface area (Å²) in [4.78, 5) is 7.60. The second kappa shape index (κ2) is 5.07. The average Bonchev–Trinajstić information content (AvgIpc) is 2.35. The molecule has 7 heteroatoms. The maximum Gasteiger partial charge on any atom is 0.416 e. The Kier molecular flexibility index (Phi) is 3.61. The second-order valence-electron chi connectivity index (χ2n) is 4.30. The maximum absolute atomic E-state index is 13.3. The molecule has 0 saturated carbocycles. The van der Waals surface area contributed by atoms with E-state index in [1.54, 1.807) is 0 Å². The van der Waals surface area contributed by atoms with E-state index in [9.17, 15) is 17.6 Å². The SMILES string of the molecule is Cc1nc(Cc2cccc(C(F)(F)F)c2)nc(N)c1F. The number of hydrogen-bond donors (Lipinski definition) is 1. The van der Waals surface area contributed by atoms with Crippen molar-refractivity contribution < 1.29 is 17.6 Å². The summed E-state index contributed by atoms with van der Waals surface area (Å²) < 4.78 is 51.0. The zero-order chi connectivity index (χ0) is 14.9. The molecule has 0 amide bonds. The fourth-order valence-corrected chi connectivity index (χ4v) is 1.76. The minimum atomic E-state index is -4.41. The normalized spacial score (nSPS) is 11.7. The van der Waals surface area contributed by atoms with Crippen molar-refractivity contribution in [2.24, 2.45) is 0 Å². The molecule has 3 nitrogen and oxygen atoms in total. The number of nitrogen functional groups attached to an aromatic ring is 1. The molecule has 2 rings (SSSR count). The highest BCUT2D eigenvalue weighted by Gasteiger charge is 2.30. The van der Waals surface area contributed by atoms with Gasteiger partial charge in [0.25, 0.3) is 0 Å². The van der Waals surface area contributed by atoms with Gasteiger partial charge in [0.2, 0.25) is 0 Å². The van der Waals surface area contributed by atoms with E-state index in [2.05, 4.69) is 9.97 Å². The summed E-state index contributed by atoms with van der Waals surface area (Å²) in [6, 6.07) is 4.82. The van der Waals surface area contributed by atoms with Gasteiger partial charge in [-0.2, -0.15) is 13.2 Å². The Hall–Kier alpha value is -2.18. The predicted octanol–water partition coefficient (Wildman–Crippen LogP) is 3.12. The van der Waals surface area contributed by atoms with Crippen LogP contribution >= 0.6 is 0 Å². The lowest BCUT2D eigenvalue weighted by Crippen LogP contribution is -2.08. The first kappa shape index (κ1) is 14.2. The van der Waals surface area contributed by atoms with Gasteiger partial charge >= 0.3 is 6.18 Å². The van der Waals surface area contributed by atoms with Crippen molar-refractivity contribution in [1.82, 2.24) is 9.97 Å². The molecular weight excluding hydrogens is 274 g/mol. The number of benzene rings is 1. The van der Waals surface area contributed by atoms with Crippen LogP contribution < -0.4 is 5.73 Å². The summed E-state index contributed by atoms with van der Waals surface area (Å²) in [6.07, 6.45) is -4.36. The number of aromatic nitrogens is 2. The summed E-state index contributed by atoms with van der Waals surface area (Å²) in [7, 11) is 0. The predicted molar refractivity (Wildman–Crippen MR) is 65.4 cm³/mol. The summed E-state index contributed by atoms with van der Waals surface area (Å²) in [6.45, 7) is 1.42. The van der Waals surface area contributed by atoms with Crippen molar-refractivity contribution in [3.8, 4) is 0 Å². The van der Waals surface area contributed by atoms with Crippen LogP contribution in [0.25, 0.3) is 0 Å². The molecule has 2 aromatic rings. The van der Waals surface area contributed by atoms with Gasteiger partial charge in [-0.3, -0.25) is 0 Å². The standard InChI is InChI=1S/C13H11F4N3/c1-7-11(14)12(18)20-10(19-7)6-8-3-2-4-9(5-8)13(15,16)17/h2-5H,6H2,1H3,(H2,18,19,20). The molecule has 1 heterocycles. The Morgan fingerprint density at radius 1 is 1.20 bits per heavy atom. The number of hydrogen-bond acceptors (Lipinski definition) is 3. The lowest BCUT2D eigenvalue weighted by molar-refractivity contribution is -0.137. The molecule has 106 valence electrons. The number of aryl methyl sites for hydroxylation is 1. The first-order valence-corrected chi connectivity index (χ1v) is 5.72. The Bertz CT molecular complexity index is 615. The molecule has 1 aromatic heterocycles. The zero-order valence-electron chi connectivity index (χ0n) is 10.5. The van der Waals surface area contributed by atoms with Crippen LogP contribution in [-0.4, -0.2) is 9.97 Å². The lowest BCUT2D eigenvalue weighted by Gasteiger charge is -2.09. The highest BCUT2D eigenvalue weighted by Crippen LogP contribution is 2.29. The van der Waals surface area contributed by atoms with E-state index in [-0.39, 0.29) is 23.8 Å². The summed E-state index contributed by atoms with van der Waals surface area (Å²) >= 11 is 0. The molecule has 0 aliphatic heterocycles. The van der Waals surface area contributed by atoms with Crippen molar-refractivity contribution in [3.05, 3.63) is 52.7 Å². The number of alkyl halides is 3. The number of nitrogens with two attached hydrogens (primary N) is 1. The molecule has 0 bridgehead atoms. The van der Waals surface area contributed by atoms with Gasteiger partial charge in [-0.1, -0.05) is 18.2 Å². The third kappa shape index (κ3) is 3.04. The van der Waals surface area contributed by atoms with Crippen LogP contribution in [0.15, 0.2) is 24.3 Å². The molecule has 2 N–H and O–H groups in total. The molecule has 20 heavy (non-hydrogen) atoms. The third-order valence-electron chi connectivity index (χ3n) is 2.71. The highest BCUT2D eigenvalue weighted by atomic mass is 19.4. The van der Waals surface area contributed by atoms with E-state index in [1.165, 1.54) is 19.1 Å². The van der Waals surface area contributed by atoms with Gasteiger partial charge in [-0.25, -0.2) is 14.4 Å². The van der Waals surface area contributed by atoms with E-state index in [0.29, 0.717) is 5.56 Å². The minimum Gasteiger partial charge on any atom is -0.381 e. The lowest BCUT2D eigenvalue weighted by atomic mass is 10.1. The van der Waals surface area contributed by atoms with Crippen molar-refractivity contribution in [2.45, 2.75) is 19.5 Å². The quantitative estimate of drug-likeness (QED) is 0.862. The van der Waals surface area contributed by atoms with Crippen LogP contribution in [-0.2, 0) is 12.6 Å². The molecular formula is C13H11F4N3. The topological polar surface area (TPSA) is 51.8 Å². The molecule has 0 aliphatic rings. The third-order valence-corrected chi connectivity index (χ3v) is 2.71. The van der Waals surface area contributed by atoms with E-state index >= 15 is 0 Å². The number of anilines is 1. The van der Waals surface area contributed by atoms with Crippen LogP contribution in [0, 0.1) is 12.7 Å². The van der Waals surface area contributed by atoms with Gasteiger partial charge in [0.05, 0.1) is 11.3 Å². The van der Waals surface area contributed by atoms with Crippen LogP contribution in [0.4, 0.5) is 23.4 Å². The Morgan fingerprint density at radius 3 is 2.50 bits per heavy atom. The fourth-order valence-electron chi connectivity index (χ4n) is 1.76. The Labute approximate surface area is 112 Å². The van der Waals surface area contributed by atoms with Crippen molar-refractivity contribution >= 4 is 5.82 Å². The van der Waals surface area contributed by atoms with E-state index in [1.807, 2.05) is 0 Å². The minimum absolute atomic E-state index is 0.0508.